The number of carbonyl (C=O) groups excluding carboxylic acids is 1. The van der Waals surface area contributed by atoms with Gasteiger partial charge in [0.15, 0.2) is 5.75 Å². The number of hydrogen-bond acceptors (Lipinski definition) is 5. The van der Waals surface area contributed by atoms with Crippen LogP contribution in [-0.2, 0) is 0 Å². The van der Waals surface area contributed by atoms with Crippen LogP contribution in [0.25, 0.3) is 22.0 Å². The maximum absolute atomic E-state index is 12.4. The molecule has 1 aliphatic heterocycles. The predicted molar refractivity (Wildman–Crippen MR) is 118 cm³/mol. The first-order valence-corrected chi connectivity index (χ1v) is 10.4. The van der Waals surface area contributed by atoms with Crippen molar-refractivity contribution in [3.05, 3.63) is 54.7 Å². The summed E-state index contributed by atoms with van der Waals surface area (Å²) in [4.78, 5) is 19.4. The molecule has 1 fully saturated rings. The molecule has 1 atom stereocenters. The van der Waals surface area contributed by atoms with Crippen LogP contribution in [0.5, 0.6) is 11.5 Å². The van der Waals surface area contributed by atoms with E-state index in [-0.39, 0.29) is 0 Å². The maximum Gasteiger partial charge on any atom is 0.412 e. The average Bonchev–Trinajstić information content (AvgIpc) is 3.26. The summed E-state index contributed by atoms with van der Waals surface area (Å²) < 4.78 is 10.9. The number of likely N-dealkylation sites (N-methyl/N-ethyl adjacent to an activating group) is 1. The lowest BCUT2D eigenvalue weighted by Gasteiger charge is -2.22. The smallest absolute Gasteiger partial charge is 0.412 e. The van der Waals surface area contributed by atoms with E-state index in [0.29, 0.717) is 18.3 Å². The van der Waals surface area contributed by atoms with Gasteiger partial charge in [0.25, 0.3) is 0 Å². The normalized spacial score (nSPS) is 16.5. The highest BCUT2D eigenvalue weighted by atomic mass is 16.6. The number of hydrogen-bond donors (Lipinski definition) is 1. The van der Waals surface area contributed by atoms with Crippen LogP contribution in [-0.4, -0.2) is 48.8 Å². The average molecular weight is 405 g/mol. The third kappa shape index (κ3) is 4.24. The fourth-order valence-corrected chi connectivity index (χ4v) is 4.11. The second-order valence-corrected chi connectivity index (χ2v) is 7.44. The van der Waals surface area contributed by atoms with Crippen LogP contribution < -0.4 is 14.8 Å². The van der Waals surface area contributed by atoms with Crippen LogP contribution in [0.4, 0.5) is 4.79 Å². The first-order chi connectivity index (χ1) is 14.7. The Labute approximate surface area is 176 Å². The van der Waals surface area contributed by atoms with Gasteiger partial charge in [-0.05, 0) is 50.2 Å². The lowest BCUT2D eigenvalue weighted by molar-refractivity contribution is 0.193. The largest absolute Gasteiger partial charge is 0.497 e. The molecular formula is C24H27N3O3. The number of likely N-dealkylation sites (tertiary alicyclic amines) is 1. The minimum atomic E-state index is -0.442. The standard InChI is InChI=1S/C24H27N3O3/c1-3-27-14-6-7-18(27)15-26-24(28)30-22-16-25-23(21-9-5-4-8-20(21)22)17-10-12-19(29-2)13-11-17/h4-5,8-13,16,18H,3,6-7,14-15H2,1-2H3,(H,26,28). The summed E-state index contributed by atoms with van der Waals surface area (Å²) in [5.74, 6) is 1.25. The highest BCUT2D eigenvalue weighted by molar-refractivity contribution is 5.98. The molecule has 1 unspecified atom stereocenters. The zero-order chi connectivity index (χ0) is 20.9. The molecule has 1 aromatic heterocycles. The zero-order valence-corrected chi connectivity index (χ0v) is 17.4. The molecule has 156 valence electrons. The number of ether oxygens (including phenoxy) is 2. The first kappa shape index (κ1) is 20.2. The van der Waals surface area contributed by atoms with Crippen LogP contribution in [0.2, 0.25) is 0 Å². The van der Waals surface area contributed by atoms with Crippen LogP contribution >= 0.6 is 0 Å². The number of rotatable bonds is 6. The van der Waals surface area contributed by atoms with E-state index in [1.54, 1.807) is 13.3 Å². The lowest BCUT2D eigenvalue weighted by atomic mass is 10.0. The molecule has 0 spiro atoms. The number of amides is 1. The van der Waals surface area contributed by atoms with Crippen LogP contribution in [0.3, 0.4) is 0 Å². The van der Waals surface area contributed by atoms with Gasteiger partial charge in [-0.2, -0.15) is 0 Å². The van der Waals surface area contributed by atoms with E-state index in [2.05, 4.69) is 22.1 Å². The van der Waals surface area contributed by atoms with Gasteiger partial charge >= 0.3 is 6.09 Å². The molecule has 0 bridgehead atoms. The van der Waals surface area contributed by atoms with E-state index < -0.39 is 6.09 Å². The molecule has 1 aliphatic rings. The number of pyridine rings is 1. The fraction of sp³-hybridized carbons (Fsp3) is 0.333. The van der Waals surface area contributed by atoms with E-state index in [4.69, 9.17) is 9.47 Å². The van der Waals surface area contributed by atoms with Crippen LogP contribution in [0.1, 0.15) is 19.8 Å². The van der Waals surface area contributed by atoms with Gasteiger partial charge in [-0.3, -0.25) is 9.88 Å². The molecule has 4 rings (SSSR count). The number of nitrogens with zero attached hydrogens (tertiary/aromatic N) is 2. The predicted octanol–water partition coefficient (Wildman–Crippen LogP) is 4.48. The second-order valence-electron chi connectivity index (χ2n) is 7.44. The molecule has 0 aliphatic carbocycles. The maximum atomic E-state index is 12.4. The molecular weight excluding hydrogens is 378 g/mol. The van der Waals surface area contributed by atoms with E-state index in [1.165, 1.54) is 6.42 Å². The Morgan fingerprint density at radius 1 is 1.17 bits per heavy atom. The summed E-state index contributed by atoms with van der Waals surface area (Å²) in [5.41, 5.74) is 1.81. The molecule has 1 amide bonds. The van der Waals surface area contributed by atoms with Gasteiger partial charge < -0.3 is 14.8 Å². The van der Waals surface area contributed by atoms with Crippen molar-refractivity contribution < 1.29 is 14.3 Å². The van der Waals surface area contributed by atoms with Crippen molar-refractivity contribution >= 4 is 16.9 Å². The Morgan fingerprint density at radius 3 is 2.67 bits per heavy atom. The van der Waals surface area contributed by atoms with Crippen molar-refractivity contribution in [1.29, 1.82) is 0 Å². The molecule has 30 heavy (non-hydrogen) atoms. The number of benzene rings is 2. The number of fused-ring (bicyclic) bond motifs is 1. The first-order valence-electron chi connectivity index (χ1n) is 10.4. The number of carbonyl (C=O) groups is 1. The summed E-state index contributed by atoms with van der Waals surface area (Å²) in [6.07, 6.45) is 3.46. The lowest BCUT2D eigenvalue weighted by Crippen LogP contribution is -2.41. The molecule has 1 saturated heterocycles. The summed E-state index contributed by atoms with van der Waals surface area (Å²) in [6, 6.07) is 16.0. The number of aromatic nitrogens is 1. The minimum Gasteiger partial charge on any atom is -0.497 e. The third-order valence-electron chi connectivity index (χ3n) is 5.71. The van der Waals surface area contributed by atoms with Gasteiger partial charge in [0.1, 0.15) is 5.75 Å². The van der Waals surface area contributed by atoms with E-state index in [1.807, 2.05) is 48.5 Å². The Morgan fingerprint density at radius 2 is 1.93 bits per heavy atom. The van der Waals surface area contributed by atoms with Gasteiger partial charge in [-0.1, -0.05) is 31.2 Å². The molecule has 2 heterocycles. The summed E-state index contributed by atoms with van der Waals surface area (Å²) >= 11 is 0. The molecule has 3 aromatic rings. The van der Waals surface area contributed by atoms with E-state index >= 15 is 0 Å². The van der Waals surface area contributed by atoms with Crippen molar-refractivity contribution in [3.63, 3.8) is 0 Å². The van der Waals surface area contributed by atoms with Crippen molar-refractivity contribution in [2.75, 3.05) is 26.7 Å². The highest BCUT2D eigenvalue weighted by Gasteiger charge is 2.23. The Balaban J connectivity index is 1.53. The van der Waals surface area contributed by atoms with Crippen molar-refractivity contribution in [3.8, 4) is 22.8 Å². The Hall–Kier alpha value is -3.12. The van der Waals surface area contributed by atoms with Crippen molar-refractivity contribution in [2.45, 2.75) is 25.8 Å². The second kappa shape index (κ2) is 9.13. The molecule has 0 saturated carbocycles. The van der Waals surface area contributed by atoms with Crippen molar-refractivity contribution in [2.24, 2.45) is 0 Å². The molecule has 6 nitrogen and oxygen atoms in total. The van der Waals surface area contributed by atoms with Crippen LogP contribution in [0, 0.1) is 0 Å². The molecule has 6 heteroatoms. The summed E-state index contributed by atoms with van der Waals surface area (Å²) in [6.45, 7) is 4.85. The van der Waals surface area contributed by atoms with E-state index in [0.717, 1.165) is 47.3 Å². The van der Waals surface area contributed by atoms with Gasteiger partial charge in [0.05, 0.1) is 19.0 Å². The molecule has 2 aromatic carbocycles. The van der Waals surface area contributed by atoms with Crippen molar-refractivity contribution in [1.82, 2.24) is 15.2 Å². The molecule has 1 N–H and O–H groups in total. The number of nitrogens with one attached hydrogen (secondary N) is 1. The fourth-order valence-electron chi connectivity index (χ4n) is 4.11. The topological polar surface area (TPSA) is 63.7 Å². The molecule has 0 radical (unpaired) electrons. The number of methoxy groups -OCH3 is 1. The van der Waals surface area contributed by atoms with Gasteiger partial charge in [-0.15, -0.1) is 0 Å². The third-order valence-corrected chi connectivity index (χ3v) is 5.71. The quantitative estimate of drug-likeness (QED) is 0.655. The monoisotopic (exact) mass is 405 g/mol. The summed E-state index contributed by atoms with van der Waals surface area (Å²) in [7, 11) is 1.65. The summed E-state index contributed by atoms with van der Waals surface area (Å²) in [5, 5.41) is 4.70. The van der Waals surface area contributed by atoms with Crippen LogP contribution in [0.15, 0.2) is 54.7 Å². The van der Waals surface area contributed by atoms with E-state index in [9.17, 15) is 4.79 Å². The van der Waals surface area contributed by atoms with Gasteiger partial charge in [0, 0.05) is 28.9 Å². The Bertz CT molecular complexity index is 1020. The van der Waals surface area contributed by atoms with Gasteiger partial charge in [0.2, 0.25) is 0 Å². The minimum absolute atomic E-state index is 0.384. The highest BCUT2D eigenvalue weighted by Crippen LogP contribution is 2.33. The zero-order valence-electron chi connectivity index (χ0n) is 17.4. The SMILES string of the molecule is CCN1CCCC1CNC(=O)Oc1cnc(-c2ccc(OC)cc2)c2ccccc12. The van der Waals surface area contributed by atoms with Gasteiger partial charge in [-0.25, -0.2) is 4.79 Å². The Kier molecular flexibility index (Phi) is 6.14.